The number of fused-ring (bicyclic) bond motifs is 1. The summed E-state index contributed by atoms with van der Waals surface area (Å²) in [4.78, 5) is 15.0. The van der Waals surface area contributed by atoms with Crippen LogP contribution in [0.4, 0.5) is 0 Å². The number of rotatable bonds is 2. The number of carbonyl (C=O) groups is 1. The number of carboxylic acid groups (broad SMARTS) is 1. The SMILES string of the molecule is CCc1cn2cc(C(=O)O)ccc2n1. The van der Waals surface area contributed by atoms with E-state index < -0.39 is 5.97 Å². The van der Waals surface area contributed by atoms with Gasteiger partial charge in [-0.2, -0.15) is 0 Å². The number of nitrogens with zero attached hydrogens (tertiary/aromatic N) is 2. The van der Waals surface area contributed by atoms with Gasteiger partial charge in [-0.25, -0.2) is 9.78 Å². The normalized spacial score (nSPS) is 10.6. The molecule has 0 aliphatic carbocycles. The minimum Gasteiger partial charge on any atom is -0.478 e. The standard InChI is InChI=1S/C10H10N2O2/c1-2-8-6-12-5-7(10(13)14)3-4-9(12)11-8/h3-6H,2H2,1H3,(H,13,14). The summed E-state index contributed by atoms with van der Waals surface area (Å²) in [5.74, 6) is -0.918. The fourth-order valence-corrected chi connectivity index (χ4v) is 1.34. The molecule has 0 aromatic carbocycles. The van der Waals surface area contributed by atoms with Crippen molar-refractivity contribution in [1.29, 1.82) is 0 Å². The van der Waals surface area contributed by atoms with Crippen LogP contribution in [-0.2, 0) is 6.42 Å². The van der Waals surface area contributed by atoms with E-state index in [0.717, 1.165) is 17.8 Å². The molecule has 0 aliphatic rings. The van der Waals surface area contributed by atoms with Gasteiger partial charge in [-0.1, -0.05) is 6.92 Å². The fraction of sp³-hybridized carbons (Fsp3) is 0.200. The fourth-order valence-electron chi connectivity index (χ4n) is 1.34. The average molecular weight is 190 g/mol. The van der Waals surface area contributed by atoms with Gasteiger partial charge in [-0.3, -0.25) is 0 Å². The molecule has 2 rings (SSSR count). The number of carboxylic acids is 1. The summed E-state index contributed by atoms with van der Waals surface area (Å²) in [6.45, 7) is 2.01. The number of aryl methyl sites for hydroxylation is 1. The van der Waals surface area contributed by atoms with Crippen molar-refractivity contribution in [3.63, 3.8) is 0 Å². The van der Waals surface area contributed by atoms with Crippen molar-refractivity contribution >= 4 is 11.6 Å². The molecule has 72 valence electrons. The van der Waals surface area contributed by atoms with E-state index >= 15 is 0 Å². The predicted octanol–water partition coefficient (Wildman–Crippen LogP) is 1.59. The van der Waals surface area contributed by atoms with E-state index in [1.54, 1.807) is 22.7 Å². The lowest BCUT2D eigenvalue weighted by Gasteiger charge is -1.95. The Bertz CT molecular complexity index is 488. The molecular weight excluding hydrogens is 180 g/mol. The summed E-state index contributed by atoms with van der Waals surface area (Å²) in [6, 6.07) is 3.27. The molecule has 0 aliphatic heterocycles. The molecule has 0 spiro atoms. The van der Waals surface area contributed by atoms with Gasteiger partial charge in [-0.15, -0.1) is 0 Å². The van der Waals surface area contributed by atoms with Crippen LogP contribution >= 0.6 is 0 Å². The molecule has 4 heteroatoms. The van der Waals surface area contributed by atoms with Gasteiger partial charge in [0, 0.05) is 12.4 Å². The highest BCUT2D eigenvalue weighted by atomic mass is 16.4. The van der Waals surface area contributed by atoms with Crippen LogP contribution in [0, 0.1) is 0 Å². The number of imidazole rings is 1. The highest BCUT2D eigenvalue weighted by Gasteiger charge is 2.05. The van der Waals surface area contributed by atoms with E-state index in [1.165, 1.54) is 0 Å². The van der Waals surface area contributed by atoms with E-state index in [2.05, 4.69) is 4.98 Å². The van der Waals surface area contributed by atoms with E-state index in [9.17, 15) is 4.79 Å². The van der Waals surface area contributed by atoms with Gasteiger partial charge < -0.3 is 9.51 Å². The minimum atomic E-state index is -0.918. The third-order valence-electron chi connectivity index (χ3n) is 2.11. The molecule has 2 heterocycles. The zero-order valence-corrected chi connectivity index (χ0v) is 7.77. The summed E-state index contributed by atoms with van der Waals surface area (Å²) in [7, 11) is 0. The van der Waals surface area contributed by atoms with Gasteiger partial charge >= 0.3 is 5.97 Å². The highest BCUT2D eigenvalue weighted by molar-refractivity contribution is 5.87. The van der Waals surface area contributed by atoms with Gasteiger partial charge in [0.25, 0.3) is 0 Å². The molecular formula is C10H10N2O2. The maximum Gasteiger partial charge on any atom is 0.337 e. The molecule has 0 saturated carbocycles. The molecule has 0 unspecified atom stereocenters. The Kier molecular flexibility index (Phi) is 1.96. The largest absolute Gasteiger partial charge is 0.478 e. The van der Waals surface area contributed by atoms with Crippen molar-refractivity contribution in [2.45, 2.75) is 13.3 Å². The van der Waals surface area contributed by atoms with Crippen LogP contribution in [0.15, 0.2) is 24.5 Å². The predicted molar refractivity (Wildman–Crippen MR) is 51.5 cm³/mol. The van der Waals surface area contributed by atoms with Crippen LogP contribution in [0.2, 0.25) is 0 Å². The van der Waals surface area contributed by atoms with Crippen molar-refractivity contribution in [3.8, 4) is 0 Å². The zero-order chi connectivity index (χ0) is 10.1. The van der Waals surface area contributed by atoms with E-state index in [1.807, 2.05) is 13.1 Å². The van der Waals surface area contributed by atoms with Crippen molar-refractivity contribution < 1.29 is 9.90 Å². The lowest BCUT2D eigenvalue weighted by Crippen LogP contribution is -1.97. The second kappa shape index (κ2) is 3.14. The molecule has 0 fully saturated rings. The first-order valence-electron chi connectivity index (χ1n) is 4.41. The zero-order valence-electron chi connectivity index (χ0n) is 7.77. The summed E-state index contributed by atoms with van der Waals surface area (Å²) in [5, 5.41) is 8.77. The summed E-state index contributed by atoms with van der Waals surface area (Å²) in [6.07, 6.45) is 4.27. The second-order valence-electron chi connectivity index (χ2n) is 3.07. The molecule has 4 nitrogen and oxygen atoms in total. The minimum absolute atomic E-state index is 0.276. The summed E-state index contributed by atoms with van der Waals surface area (Å²) < 4.78 is 1.74. The Hall–Kier alpha value is -1.84. The first-order chi connectivity index (χ1) is 6.70. The van der Waals surface area contributed by atoms with Crippen LogP contribution in [0.5, 0.6) is 0 Å². The monoisotopic (exact) mass is 190 g/mol. The van der Waals surface area contributed by atoms with Gasteiger partial charge in [0.1, 0.15) is 5.65 Å². The molecule has 1 N–H and O–H groups in total. The maximum atomic E-state index is 10.7. The first-order valence-corrected chi connectivity index (χ1v) is 4.41. The maximum absolute atomic E-state index is 10.7. The molecule has 0 atom stereocenters. The van der Waals surface area contributed by atoms with Crippen LogP contribution < -0.4 is 0 Å². The third kappa shape index (κ3) is 1.35. The van der Waals surface area contributed by atoms with Gasteiger partial charge in [0.05, 0.1) is 11.3 Å². The third-order valence-corrected chi connectivity index (χ3v) is 2.11. The Labute approximate surface area is 80.8 Å². The topological polar surface area (TPSA) is 54.6 Å². The van der Waals surface area contributed by atoms with Crippen molar-refractivity contribution in [1.82, 2.24) is 9.38 Å². The highest BCUT2D eigenvalue weighted by Crippen LogP contribution is 2.08. The number of aromatic nitrogens is 2. The lowest BCUT2D eigenvalue weighted by molar-refractivity contribution is 0.0696. The lowest BCUT2D eigenvalue weighted by atomic mass is 10.3. The van der Waals surface area contributed by atoms with Gasteiger partial charge in [-0.05, 0) is 18.6 Å². The Balaban J connectivity index is 2.59. The Morgan fingerprint density at radius 3 is 2.93 bits per heavy atom. The molecule has 14 heavy (non-hydrogen) atoms. The summed E-state index contributed by atoms with van der Waals surface area (Å²) in [5.41, 5.74) is 2.02. The Morgan fingerprint density at radius 1 is 1.50 bits per heavy atom. The van der Waals surface area contributed by atoms with E-state index in [-0.39, 0.29) is 5.56 Å². The van der Waals surface area contributed by atoms with Gasteiger partial charge in [0.2, 0.25) is 0 Å². The summed E-state index contributed by atoms with van der Waals surface area (Å²) >= 11 is 0. The second-order valence-corrected chi connectivity index (χ2v) is 3.07. The van der Waals surface area contributed by atoms with Crippen LogP contribution in [-0.4, -0.2) is 20.5 Å². The molecule has 0 amide bonds. The molecule has 2 aromatic heterocycles. The van der Waals surface area contributed by atoms with Crippen molar-refractivity contribution in [3.05, 3.63) is 35.8 Å². The van der Waals surface area contributed by atoms with E-state index in [0.29, 0.717) is 0 Å². The molecule has 0 radical (unpaired) electrons. The van der Waals surface area contributed by atoms with Crippen molar-refractivity contribution in [2.75, 3.05) is 0 Å². The Morgan fingerprint density at radius 2 is 2.29 bits per heavy atom. The van der Waals surface area contributed by atoms with Crippen molar-refractivity contribution in [2.24, 2.45) is 0 Å². The smallest absolute Gasteiger partial charge is 0.337 e. The number of hydrogen-bond acceptors (Lipinski definition) is 2. The van der Waals surface area contributed by atoms with Crippen LogP contribution in [0.25, 0.3) is 5.65 Å². The van der Waals surface area contributed by atoms with E-state index in [4.69, 9.17) is 5.11 Å². The average Bonchev–Trinajstić information content (AvgIpc) is 2.58. The van der Waals surface area contributed by atoms with Crippen LogP contribution in [0.3, 0.4) is 0 Å². The van der Waals surface area contributed by atoms with Gasteiger partial charge in [0.15, 0.2) is 0 Å². The molecule has 0 saturated heterocycles. The number of pyridine rings is 1. The molecule has 2 aromatic rings. The quantitative estimate of drug-likeness (QED) is 0.782. The molecule has 0 bridgehead atoms. The number of aromatic carboxylic acids is 1. The number of hydrogen-bond donors (Lipinski definition) is 1. The van der Waals surface area contributed by atoms with Crippen LogP contribution in [0.1, 0.15) is 23.0 Å². The first kappa shape index (κ1) is 8.74.